The number of hydrogen-bond donors (Lipinski definition) is 0. The zero-order chi connectivity index (χ0) is 20.9. The summed E-state index contributed by atoms with van der Waals surface area (Å²) >= 11 is 2.82. The van der Waals surface area contributed by atoms with Gasteiger partial charge in [0.2, 0.25) is 0 Å². The molecule has 2 aromatic rings. The molecule has 2 aromatic carbocycles. The molecule has 0 bridgehead atoms. The van der Waals surface area contributed by atoms with Crippen LogP contribution in [-0.4, -0.2) is 20.2 Å². The molecule has 0 saturated heterocycles. The molecule has 0 aliphatic rings. The zero-order valence-corrected chi connectivity index (χ0v) is 16.4. The van der Waals surface area contributed by atoms with Gasteiger partial charge in [0.05, 0.1) is 26.0 Å². The Labute approximate surface area is 167 Å². The van der Waals surface area contributed by atoms with Gasteiger partial charge >= 0.3 is 12.1 Å². The normalized spacial score (nSPS) is 12.7. The van der Waals surface area contributed by atoms with Crippen molar-refractivity contribution in [2.45, 2.75) is 6.18 Å². The van der Waals surface area contributed by atoms with Gasteiger partial charge in [0.1, 0.15) is 11.4 Å². The largest absolute Gasteiger partial charge is 0.503 e. The molecule has 0 atom stereocenters. The van der Waals surface area contributed by atoms with E-state index < -0.39 is 23.5 Å². The van der Waals surface area contributed by atoms with E-state index in [1.54, 1.807) is 18.2 Å². The van der Waals surface area contributed by atoms with E-state index in [1.165, 1.54) is 26.4 Å². The molecule has 0 fully saturated rings. The van der Waals surface area contributed by atoms with Crippen molar-refractivity contribution in [2.24, 2.45) is 0 Å². The third kappa shape index (κ3) is 5.01. The number of methoxy groups -OCH3 is 2. The highest BCUT2D eigenvalue weighted by Crippen LogP contribution is 2.37. The fourth-order valence-corrected chi connectivity index (χ4v) is 2.90. The Balaban J connectivity index is 2.55. The first-order valence-electron chi connectivity index (χ1n) is 7.84. The lowest BCUT2D eigenvalue weighted by Crippen LogP contribution is -2.06. The van der Waals surface area contributed by atoms with E-state index in [2.05, 4.69) is 15.9 Å². The van der Waals surface area contributed by atoms with Crippen molar-refractivity contribution < 1.29 is 31.8 Å². The van der Waals surface area contributed by atoms with Gasteiger partial charge in [-0.3, -0.25) is 0 Å². The number of esters is 1. The zero-order valence-electron chi connectivity index (χ0n) is 14.8. The van der Waals surface area contributed by atoms with Gasteiger partial charge in [0.25, 0.3) is 0 Å². The average molecular weight is 459 g/mol. The highest BCUT2D eigenvalue weighted by atomic mass is 79.9. The Kier molecular flexibility index (Phi) is 7.01. The third-order valence-corrected chi connectivity index (χ3v) is 4.41. The number of halogens is 5. The second kappa shape index (κ2) is 9.05. The lowest BCUT2D eigenvalue weighted by molar-refractivity contribution is -0.138. The summed E-state index contributed by atoms with van der Waals surface area (Å²) in [6.45, 7) is 0. The predicted molar refractivity (Wildman–Crippen MR) is 102 cm³/mol. The Morgan fingerprint density at radius 1 is 1.11 bits per heavy atom. The SMILES string of the molecule is CO/C=C(/C(=O)OC)c1ccccc1/C=C(\F)c1ccc(Br)c(C(F)(F)F)c1. The number of alkyl halides is 3. The van der Waals surface area contributed by atoms with Crippen LogP contribution in [-0.2, 0) is 20.4 Å². The molecule has 8 heteroatoms. The molecule has 28 heavy (non-hydrogen) atoms. The van der Waals surface area contributed by atoms with Crippen molar-refractivity contribution in [3.63, 3.8) is 0 Å². The van der Waals surface area contributed by atoms with Gasteiger partial charge < -0.3 is 9.47 Å². The van der Waals surface area contributed by atoms with Crippen molar-refractivity contribution in [3.8, 4) is 0 Å². The summed E-state index contributed by atoms with van der Waals surface area (Å²) < 4.78 is 63.3. The van der Waals surface area contributed by atoms with Gasteiger partial charge in [-0.15, -0.1) is 0 Å². The van der Waals surface area contributed by atoms with E-state index in [-0.39, 0.29) is 21.2 Å². The minimum absolute atomic E-state index is 0.0384. The third-order valence-electron chi connectivity index (χ3n) is 3.72. The van der Waals surface area contributed by atoms with Crippen LogP contribution in [0.4, 0.5) is 17.6 Å². The minimum atomic E-state index is -4.63. The van der Waals surface area contributed by atoms with Gasteiger partial charge in [0.15, 0.2) is 0 Å². The van der Waals surface area contributed by atoms with Crippen LogP contribution < -0.4 is 0 Å². The molecule has 0 spiro atoms. The lowest BCUT2D eigenvalue weighted by Gasteiger charge is -2.11. The number of ether oxygens (including phenoxy) is 2. The summed E-state index contributed by atoms with van der Waals surface area (Å²) in [6.07, 6.45) is -2.44. The van der Waals surface area contributed by atoms with Gasteiger partial charge in [0, 0.05) is 10.0 Å². The lowest BCUT2D eigenvalue weighted by atomic mass is 9.99. The van der Waals surface area contributed by atoms with Crippen molar-refractivity contribution >= 4 is 39.4 Å². The van der Waals surface area contributed by atoms with Crippen LogP contribution in [0, 0.1) is 0 Å². The first-order chi connectivity index (χ1) is 13.2. The minimum Gasteiger partial charge on any atom is -0.503 e. The van der Waals surface area contributed by atoms with Crippen molar-refractivity contribution in [1.82, 2.24) is 0 Å². The Morgan fingerprint density at radius 3 is 2.39 bits per heavy atom. The van der Waals surface area contributed by atoms with Gasteiger partial charge in [-0.25, -0.2) is 9.18 Å². The second-order valence-corrected chi connectivity index (χ2v) is 6.39. The second-order valence-electron chi connectivity index (χ2n) is 5.53. The van der Waals surface area contributed by atoms with E-state index in [1.807, 2.05) is 0 Å². The van der Waals surface area contributed by atoms with Crippen LogP contribution in [0.1, 0.15) is 22.3 Å². The van der Waals surface area contributed by atoms with Gasteiger partial charge in [-0.1, -0.05) is 46.3 Å². The number of carbonyl (C=O) groups is 1. The molecule has 0 aliphatic carbocycles. The van der Waals surface area contributed by atoms with E-state index in [0.717, 1.165) is 18.4 Å². The molecule has 0 aromatic heterocycles. The number of hydrogen-bond acceptors (Lipinski definition) is 3. The molecule has 3 nitrogen and oxygen atoms in total. The van der Waals surface area contributed by atoms with Crippen molar-refractivity contribution in [3.05, 3.63) is 75.5 Å². The molecular formula is C20H15BrF4O3. The molecule has 0 aliphatic heterocycles. The average Bonchev–Trinajstić information content (AvgIpc) is 2.65. The highest BCUT2D eigenvalue weighted by molar-refractivity contribution is 9.10. The Hall–Kier alpha value is -2.61. The molecule has 0 amide bonds. The summed E-state index contributed by atoms with van der Waals surface area (Å²) in [5.74, 6) is -1.60. The van der Waals surface area contributed by atoms with Crippen molar-refractivity contribution in [1.29, 1.82) is 0 Å². The number of rotatable bonds is 5. The monoisotopic (exact) mass is 458 g/mol. The van der Waals surface area contributed by atoms with Gasteiger partial charge in [-0.2, -0.15) is 13.2 Å². The summed E-state index contributed by atoms with van der Waals surface area (Å²) in [5, 5.41) is 0. The van der Waals surface area contributed by atoms with Crippen LogP contribution in [0.15, 0.2) is 53.2 Å². The Morgan fingerprint density at radius 2 is 1.79 bits per heavy atom. The quantitative estimate of drug-likeness (QED) is 0.178. The van der Waals surface area contributed by atoms with Crippen LogP contribution >= 0.6 is 15.9 Å². The van der Waals surface area contributed by atoms with Crippen LogP contribution in [0.2, 0.25) is 0 Å². The first kappa shape index (κ1) is 21.7. The van der Waals surface area contributed by atoms with Crippen LogP contribution in [0.5, 0.6) is 0 Å². The first-order valence-corrected chi connectivity index (χ1v) is 8.63. The molecule has 2 rings (SSSR count). The summed E-state index contributed by atoms with van der Waals surface area (Å²) in [6, 6.07) is 9.35. The smallest absolute Gasteiger partial charge is 0.417 e. The Bertz CT molecular complexity index is 933. The fourth-order valence-electron chi connectivity index (χ4n) is 2.43. The number of carbonyl (C=O) groups excluding carboxylic acids is 1. The molecule has 0 unspecified atom stereocenters. The van der Waals surface area contributed by atoms with E-state index in [0.29, 0.717) is 11.6 Å². The van der Waals surface area contributed by atoms with Crippen molar-refractivity contribution in [2.75, 3.05) is 14.2 Å². The maximum atomic E-state index is 14.7. The van der Waals surface area contributed by atoms with Crippen LogP contribution in [0.25, 0.3) is 17.5 Å². The maximum Gasteiger partial charge on any atom is 0.417 e. The molecule has 0 saturated carbocycles. The molecule has 0 heterocycles. The standard InChI is InChI=1S/C20H15BrF4O3/c1-27-11-15(19(26)28-2)14-6-4-3-5-12(14)10-18(22)13-7-8-17(21)16(9-13)20(23,24)25/h3-11H,1-2H3/b15-11+,18-10-. The topological polar surface area (TPSA) is 35.5 Å². The predicted octanol–water partition coefficient (Wildman–Crippen LogP) is 6.10. The fraction of sp³-hybridized carbons (Fsp3) is 0.150. The summed E-state index contributed by atoms with van der Waals surface area (Å²) in [5.41, 5.74) is -0.627. The van der Waals surface area contributed by atoms with Gasteiger partial charge in [-0.05, 0) is 29.3 Å². The molecule has 0 radical (unpaired) electrons. The molecule has 0 N–H and O–H groups in total. The van der Waals surface area contributed by atoms with E-state index in [4.69, 9.17) is 9.47 Å². The molecule has 148 valence electrons. The summed E-state index contributed by atoms with van der Waals surface area (Å²) in [7, 11) is 2.52. The van der Waals surface area contributed by atoms with Crippen LogP contribution in [0.3, 0.4) is 0 Å². The van der Waals surface area contributed by atoms with E-state index >= 15 is 0 Å². The highest BCUT2D eigenvalue weighted by Gasteiger charge is 2.33. The number of benzene rings is 2. The maximum absolute atomic E-state index is 14.7. The molecular weight excluding hydrogens is 444 g/mol. The van der Waals surface area contributed by atoms with E-state index in [9.17, 15) is 22.4 Å². The summed E-state index contributed by atoms with van der Waals surface area (Å²) in [4.78, 5) is 12.0.